The third kappa shape index (κ3) is 5.88. The maximum absolute atomic E-state index is 12.2. The summed E-state index contributed by atoms with van der Waals surface area (Å²) >= 11 is 0. The van der Waals surface area contributed by atoms with Gasteiger partial charge in [-0.05, 0) is 37.3 Å². The molecule has 164 valence electrons. The largest absolute Gasteiger partial charge is 0.484 e. The van der Waals surface area contributed by atoms with E-state index in [2.05, 4.69) is 5.32 Å². The van der Waals surface area contributed by atoms with Crippen molar-refractivity contribution in [2.75, 3.05) is 49.6 Å². The lowest BCUT2D eigenvalue weighted by molar-refractivity contribution is -0.118. The molecule has 2 N–H and O–H groups in total. The van der Waals surface area contributed by atoms with Crippen molar-refractivity contribution in [1.29, 1.82) is 0 Å². The van der Waals surface area contributed by atoms with Gasteiger partial charge in [0.05, 0.1) is 17.9 Å². The predicted octanol–water partition coefficient (Wildman–Crippen LogP) is 2.68. The number of carbonyl (C=O) groups is 3. The number of benzene rings is 2. The number of ether oxygens (including phenoxy) is 2. The van der Waals surface area contributed by atoms with Gasteiger partial charge in [-0.2, -0.15) is 0 Å². The van der Waals surface area contributed by atoms with Crippen LogP contribution in [0, 0.1) is 0 Å². The maximum atomic E-state index is 12.2. The molecule has 9 heteroatoms. The average molecular weight is 427 g/mol. The minimum absolute atomic E-state index is 0.0154. The Morgan fingerprint density at radius 3 is 2.39 bits per heavy atom. The van der Waals surface area contributed by atoms with Gasteiger partial charge in [0.2, 0.25) is 0 Å². The van der Waals surface area contributed by atoms with Gasteiger partial charge in [-0.15, -0.1) is 0 Å². The molecule has 2 aromatic carbocycles. The molecule has 0 radical (unpaired) electrons. The van der Waals surface area contributed by atoms with Crippen molar-refractivity contribution in [2.45, 2.75) is 6.92 Å². The molecule has 1 fully saturated rings. The molecule has 0 bridgehead atoms. The Balaban J connectivity index is 1.62. The number of hydrogen-bond donors (Lipinski definition) is 2. The number of piperazine rings is 1. The van der Waals surface area contributed by atoms with Gasteiger partial charge in [0.25, 0.3) is 5.91 Å². The van der Waals surface area contributed by atoms with E-state index in [1.807, 2.05) is 11.0 Å². The number of para-hydroxylation sites is 1. The van der Waals surface area contributed by atoms with Crippen molar-refractivity contribution in [3.8, 4) is 5.75 Å². The van der Waals surface area contributed by atoms with Crippen LogP contribution in [0.15, 0.2) is 48.5 Å². The van der Waals surface area contributed by atoms with Crippen molar-refractivity contribution in [3.05, 3.63) is 54.1 Å². The molecule has 1 saturated heterocycles. The highest BCUT2D eigenvalue weighted by molar-refractivity contribution is 6.01. The first-order valence-corrected chi connectivity index (χ1v) is 9.99. The molecular formula is C22H25N3O6. The van der Waals surface area contributed by atoms with Gasteiger partial charge < -0.3 is 29.7 Å². The Labute approximate surface area is 180 Å². The van der Waals surface area contributed by atoms with Crippen LogP contribution >= 0.6 is 0 Å². The van der Waals surface area contributed by atoms with Crippen LogP contribution in [0.4, 0.5) is 16.2 Å². The van der Waals surface area contributed by atoms with Crippen molar-refractivity contribution in [3.63, 3.8) is 0 Å². The fourth-order valence-corrected chi connectivity index (χ4v) is 3.23. The average Bonchev–Trinajstić information content (AvgIpc) is 2.79. The van der Waals surface area contributed by atoms with Gasteiger partial charge in [0, 0.05) is 31.9 Å². The van der Waals surface area contributed by atoms with E-state index in [1.165, 1.54) is 6.07 Å². The molecule has 31 heavy (non-hydrogen) atoms. The normalized spacial score (nSPS) is 13.5. The highest BCUT2D eigenvalue weighted by Gasteiger charge is 2.23. The lowest BCUT2D eigenvalue weighted by Gasteiger charge is -2.35. The van der Waals surface area contributed by atoms with Crippen LogP contribution in [0.1, 0.15) is 17.3 Å². The Bertz CT molecular complexity index is 926. The van der Waals surface area contributed by atoms with E-state index < -0.39 is 11.9 Å². The molecule has 0 unspecified atom stereocenters. The number of hydrogen-bond acceptors (Lipinski definition) is 6. The van der Waals surface area contributed by atoms with E-state index in [1.54, 1.807) is 48.2 Å². The smallest absolute Gasteiger partial charge is 0.409 e. The minimum Gasteiger partial charge on any atom is -0.484 e. The second kappa shape index (κ2) is 10.3. The molecule has 2 amide bonds. The second-order valence-electron chi connectivity index (χ2n) is 6.86. The Hall–Kier alpha value is -3.75. The summed E-state index contributed by atoms with van der Waals surface area (Å²) in [5, 5.41) is 12.2. The molecule has 0 aliphatic carbocycles. The summed E-state index contributed by atoms with van der Waals surface area (Å²) in [7, 11) is 0. The van der Waals surface area contributed by atoms with Crippen LogP contribution in [0.2, 0.25) is 0 Å². The molecule has 1 aliphatic heterocycles. The summed E-state index contributed by atoms with van der Waals surface area (Å²) < 4.78 is 10.4. The second-order valence-corrected chi connectivity index (χ2v) is 6.86. The number of carboxylic acids is 1. The zero-order valence-electron chi connectivity index (χ0n) is 17.2. The summed E-state index contributed by atoms with van der Waals surface area (Å²) in [6.45, 7) is 3.91. The SMILES string of the molecule is CCOC(=O)N1CCN(c2ccc(NC(=O)COc3ccccc3)c(C(=O)O)c2)CC1. The van der Waals surface area contributed by atoms with E-state index >= 15 is 0 Å². The van der Waals surface area contributed by atoms with E-state index in [4.69, 9.17) is 9.47 Å². The van der Waals surface area contributed by atoms with Crippen LogP contribution in [0.5, 0.6) is 5.75 Å². The molecule has 1 heterocycles. The van der Waals surface area contributed by atoms with Crippen LogP contribution in [-0.2, 0) is 9.53 Å². The first kappa shape index (κ1) is 21.9. The molecule has 1 aliphatic rings. The standard InChI is InChI=1S/C22H25N3O6/c1-2-30-22(29)25-12-10-24(11-13-25)16-8-9-19(18(14-16)21(27)28)23-20(26)15-31-17-6-4-3-5-7-17/h3-9,14H,2,10-13,15H2,1H3,(H,23,26)(H,27,28). The van der Waals surface area contributed by atoms with Gasteiger partial charge in [-0.3, -0.25) is 4.79 Å². The monoisotopic (exact) mass is 427 g/mol. The summed E-state index contributed by atoms with van der Waals surface area (Å²) in [5.74, 6) is -1.05. The Kier molecular flexibility index (Phi) is 7.31. The first-order valence-electron chi connectivity index (χ1n) is 9.99. The van der Waals surface area contributed by atoms with Gasteiger partial charge in [-0.25, -0.2) is 9.59 Å². The Morgan fingerprint density at radius 1 is 1.03 bits per heavy atom. The van der Waals surface area contributed by atoms with Crippen molar-refractivity contribution < 1.29 is 29.0 Å². The van der Waals surface area contributed by atoms with Crippen molar-refractivity contribution in [1.82, 2.24) is 4.90 Å². The molecule has 0 saturated carbocycles. The van der Waals surface area contributed by atoms with E-state index in [0.29, 0.717) is 44.2 Å². The molecule has 9 nitrogen and oxygen atoms in total. The number of carbonyl (C=O) groups excluding carboxylic acids is 2. The highest BCUT2D eigenvalue weighted by atomic mass is 16.6. The number of amides is 2. The summed E-state index contributed by atoms with van der Waals surface area (Å²) in [6.07, 6.45) is -0.343. The Morgan fingerprint density at radius 2 is 1.74 bits per heavy atom. The van der Waals surface area contributed by atoms with Crippen LogP contribution in [-0.4, -0.2) is 67.4 Å². The number of carboxylic acid groups (broad SMARTS) is 1. The van der Waals surface area contributed by atoms with Crippen LogP contribution in [0.3, 0.4) is 0 Å². The number of nitrogens with one attached hydrogen (secondary N) is 1. The number of aromatic carboxylic acids is 1. The third-order valence-electron chi connectivity index (χ3n) is 4.79. The topological polar surface area (TPSA) is 108 Å². The lowest BCUT2D eigenvalue weighted by atomic mass is 10.1. The molecule has 3 rings (SSSR count). The number of anilines is 2. The van der Waals surface area contributed by atoms with Crippen LogP contribution in [0.25, 0.3) is 0 Å². The van der Waals surface area contributed by atoms with E-state index in [-0.39, 0.29) is 24.0 Å². The van der Waals surface area contributed by atoms with Crippen molar-refractivity contribution in [2.24, 2.45) is 0 Å². The lowest BCUT2D eigenvalue weighted by Crippen LogP contribution is -2.49. The summed E-state index contributed by atoms with van der Waals surface area (Å²) in [6, 6.07) is 13.7. The summed E-state index contributed by atoms with van der Waals surface area (Å²) in [5.41, 5.74) is 0.890. The zero-order valence-corrected chi connectivity index (χ0v) is 17.2. The number of nitrogens with zero attached hydrogens (tertiary/aromatic N) is 2. The van der Waals surface area contributed by atoms with Crippen molar-refractivity contribution >= 4 is 29.3 Å². The fourth-order valence-electron chi connectivity index (χ4n) is 3.23. The first-order chi connectivity index (χ1) is 15.0. The molecule has 0 atom stereocenters. The highest BCUT2D eigenvalue weighted by Crippen LogP contribution is 2.25. The molecule has 0 aromatic heterocycles. The van der Waals surface area contributed by atoms with Crippen LogP contribution < -0.4 is 15.0 Å². The van der Waals surface area contributed by atoms with Gasteiger partial charge in [0.15, 0.2) is 6.61 Å². The quantitative estimate of drug-likeness (QED) is 0.699. The zero-order chi connectivity index (χ0) is 22.2. The third-order valence-corrected chi connectivity index (χ3v) is 4.79. The van der Waals surface area contributed by atoms with Gasteiger partial charge in [0.1, 0.15) is 5.75 Å². The molecular weight excluding hydrogens is 402 g/mol. The van der Waals surface area contributed by atoms with E-state index in [9.17, 15) is 19.5 Å². The maximum Gasteiger partial charge on any atom is 0.409 e. The number of rotatable bonds is 7. The van der Waals surface area contributed by atoms with Gasteiger partial charge in [-0.1, -0.05) is 18.2 Å². The summed E-state index contributed by atoms with van der Waals surface area (Å²) in [4.78, 5) is 39.4. The molecule has 2 aromatic rings. The van der Waals surface area contributed by atoms with Gasteiger partial charge >= 0.3 is 12.1 Å². The molecule has 0 spiro atoms. The minimum atomic E-state index is -1.15. The predicted molar refractivity (Wildman–Crippen MR) is 115 cm³/mol. The fraction of sp³-hybridized carbons (Fsp3) is 0.318. The van der Waals surface area contributed by atoms with E-state index in [0.717, 1.165) is 0 Å².